The average molecular weight is 482 g/mol. The van der Waals surface area contributed by atoms with Gasteiger partial charge in [0.15, 0.2) is 0 Å². The molecule has 1 fully saturated rings. The summed E-state index contributed by atoms with van der Waals surface area (Å²) < 4.78 is 41.0. The number of thioether (sulfide) groups is 1. The van der Waals surface area contributed by atoms with Gasteiger partial charge in [0.1, 0.15) is 0 Å². The van der Waals surface area contributed by atoms with Crippen molar-refractivity contribution in [2.75, 3.05) is 13.2 Å². The van der Waals surface area contributed by atoms with Crippen molar-refractivity contribution < 1.29 is 27.9 Å². The largest absolute Gasteiger partial charge is 0.416 e. The summed E-state index contributed by atoms with van der Waals surface area (Å²) in [5.74, 6) is -0.654. The van der Waals surface area contributed by atoms with Gasteiger partial charge < -0.3 is 5.11 Å². The molecule has 4 rings (SSSR count). The number of amides is 2. The molecule has 1 saturated heterocycles. The lowest BCUT2D eigenvalue weighted by Crippen LogP contribution is -2.31. The van der Waals surface area contributed by atoms with Crippen LogP contribution in [0.25, 0.3) is 16.5 Å². The van der Waals surface area contributed by atoms with Crippen molar-refractivity contribution in [3.63, 3.8) is 0 Å². The summed E-state index contributed by atoms with van der Waals surface area (Å²) in [6, 6.07) is 8.49. The molecular weight excluding hydrogens is 467 g/mol. The Bertz CT molecular complexity index is 1260. The molecule has 0 aliphatic carbocycles. The van der Waals surface area contributed by atoms with Crippen molar-refractivity contribution in [1.82, 2.24) is 15.1 Å². The molecule has 2 N–H and O–H groups in total. The fraction of sp³-hybridized carbons (Fsp3) is 0.190. The Morgan fingerprint density at radius 2 is 1.97 bits per heavy atom. The van der Waals surface area contributed by atoms with E-state index in [0.29, 0.717) is 28.2 Å². The van der Waals surface area contributed by atoms with E-state index in [4.69, 9.17) is 16.7 Å². The fourth-order valence-electron chi connectivity index (χ4n) is 3.48. The predicted octanol–water partition coefficient (Wildman–Crippen LogP) is 4.88. The number of allylic oxidation sites excluding steroid dienone is 1. The van der Waals surface area contributed by atoms with Crippen LogP contribution in [0.5, 0.6) is 0 Å². The predicted molar refractivity (Wildman–Crippen MR) is 115 cm³/mol. The van der Waals surface area contributed by atoms with E-state index in [2.05, 4.69) is 10.2 Å². The van der Waals surface area contributed by atoms with E-state index in [1.165, 1.54) is 12.1 Å². The number of aromatic amines is 1. The third-order valence-electron chi connectivity index (χ3n) is 4.98. The number of nitrogens with zero attached hydrogens (tertiary/aromatic N) is 2. The molecule has 0 atom stereocenters. The van der Waals surface area contributed by atoms with Crippen molar-refractivity contribution in [3.8, 4) is 0 Å². The third kappa shape index (κ3) is 4.25. The van der Waals surface area contributed by atoms with Crippen LogP contribution < -0.4 is 0 Å². The van der Waals surface area contributed by atoms with E-state index < -0.39 is 29.5 Å². The molecule has 1 aliphatic rings. The van der Waals surface area contributed by atoms with E-state index in [9.17, 15) is 22.8 Å². The van der Waals surface area contributed by atoms with Crippen molar-refractivity contribution in [3.05, 3.63) is 69.2 Å². The van der Waals surface area contributed by atoms with Gasteiger partial charge in [-0.3, -0.25) is 19.6 Å². The molecule has 1 aromatic heterocycles. The van der Waals surface area contributed by atoms with Gasteiger partial charge in [0, 0.05) is 10.4 Å². The Morgan fingerprint density at radius 1 is 1.19 bits per heavy atom. The first-order chi connectivity index (χ1) is 15.2. The summed E-state index contributed by atoms with van der Waals surface area (Å²) >= 11 is 6.44. The molecule has 0 spiro atoms. The van der Waals surface area contributed by atoms with E-state index in [0.717, 1.165) is 11.0 Å². The fourth-order valence-corrected chi connectivity index (χ4v) is 4.62. The second kappa shape index (κ2) is 8.61. The lowest BCUT2D eigenvalue weighted by atomic mass is 9.93. The molecule has 6 nitrogen and oxygen atoms in total. The van der Waals surface area contributed by atoms with Crippen molar-refractivity contribution in [1.29, 1.82) is 0 Å². The zero-order valence-corrected chi connectivity index (χ0v) is 17.8. The number of H-pyrrole nitrogens is 1. The first-order valence-electron chi connectivity index (χ1n) is 9.36. The number of hydrogen-bond acceptors (Lipinski definition) is 5. The van der Waals surface area contributed by atoms with Crippen LogP contribution in [0, 0.1) is 0 Å². The molecule has 3 aromatic rings. The molecule has 0 bridgehead atoms. The minimum absolute atomic E-state index is 0.0226. The normalized spacial score (nSPS) is 16.3. The number of rotatable bonds is 5. The van der Waals surface area contributed by atoms with Crippen LogP contribution in [-0.2, 0) is 17.4 Å². The van der Waals surface area contributed by atoms with Crippen LogP contribution in [0.2, 0.25) is 5.02 Å². The summed E-state index contributed by atoms with van der Waals surface area (Å²) in [4.78, 5) is 26.1. The number of aliphatic hydroxyl groups is 1. The molecule has 32 heavy (non-hydrogen) atoms. The SMILES string of the molecule is O=C1S/C(=C(/Cc2ccc(Cl)cc2C(F)(F)F)c2ccc3[nH]ncc3c2)C(=O)N1CCO. The molecule has 0 radical (unpaired) electrons. The Morgan fingerprint density at radius 3 is 2.69 bits per heavy atom. The van der Waals surface area contributed by atoms with Gasteiger partial charge in [0.2, 0.25) is 0 Å². The molecule has 0 saturated carbocycles. The lowest BCUT2D eigenvalue weighted by Gasteiger charge is -2.17. The van der Waals surface area contributed by atoms with Gasteiger partial charge in [-0.15, -0.1) is 0 Å². The molecular formula is C21H15ClF3N3O3S. The minimum Gasteiger partial charge on any atom is -0.395 e. The molecule has 2 heterocycles. The van der Waals surface area contributed by atoms with Crippen LogP contribution in [-0.4, -0.2) is 44.5 Å². The number of imide groups is 1. The van der Waals surface area contributed by atoms with E-state index in [1.54, 1.807) is 24.4 Å². The van der Waals surface area contributed by atoms with Gasteiger partial charge in [-0.2, -0.15) is 18.3 Å². The van der Waals surface area contributed by atoms with Crippen molar-refractivity contribution in [2.45, 2.75) is 12.6 Å². The number of fused-ring (bicyclic) bond motifs is 1. The monoisotopic (exact) mass is 481 g/mol. The van der Waals surface area contributed by atoms with Crippen LogP contribution in [0.15, 0.2) is 47.5 Å². The number of β-amino-alcohol motifs (C(OH)–C–C–N with tert-alkyl or cyclic N) is 1. The zero-order chi connectivity index (χ0) is 23.0. The second-order valence-electron chi connectivity index (χ2n) is 7.00. The summed E-state index contributed by atoms with van der Waals surface area (Å²) in [7, 11) is 0. The summed E-state index contributed by atoms with van der Waals surface area (Å²) in [6.07, 6.45) is -3.36. The highest BCUT2D eigenvalue weighted by molar-refractivity contribution is 8.18. The maximum atomic E-state index is 13.7. The van der Waals surface area contributed by atoms with Crippen LogP contribution in [0.4, 0.5) is 18.0 Å². The maximum absolute atomic E-state index is 13.7. The highest BCUT2D eigenvalue weighted by Gasteiger charge is 2.38. The summed E-state index contributed by atoms with van der Waals surface area (Å²) in [5.41, 5.74) is 0.463. The topological polar surface area (TPSA) is 86.3 Å². The van der Waals surface area contributed by atoms with Gasteiger partial charge in [-0.25, -0.2) is 0 Å². The van der Waals surface area contributed by atoms with Gasteiger partial charge in [-0.05, 0) is 59.1 Å². The quantitative estimate of drug-likeness (QED) is 0.507. The van der Waals surface area contributed by atoms with E-state index in [-0.39, 0.29) is 34.0 Å². The van der Waals surface area contributed by atoms with E-state index in [1.807, 2.05) is 0 Å². The van der Waals surface area contributed by atoms with Gasteiger partial charge in [0.25, 0.3) is 11.1 Å². The van der Waals surface area contributed by atoms with Crippen molar-refractivity contribution >= 4 is 51.0 Å². The molecule has 0 unspecified atom stereocenters. The number of aromatic nitrogens is 2. The highest BCUT2D eigenvalue weighted by Crippen LogP contribution is 2.41. The van der Waals surface area contributed by atoms with Crippen LogP contribution >= 0.6 is 23.4 Å². The minimum atomic E-state index is -4.66. The Kier molecular flexibility index (Phi) is 6.02. The Balaban J connectivity index is 1.88. The second-order valence-corrected chi connectivity index (χ2v) is 8.40. The number of alkyl halides is 3. The number of nitrogens with one attached hydrogen (secondary N) is 1. The van der Waals surface area contributed by atoms with Crippen LogP contribution in [0.3, 0.4) is 0 Å². The van der Waals surface area contributed by atoms with E-state index >= 15 is 0 Å². The highest BCUT2D eigenvalue weighted by atomic mass is 35.5. The number of carbonyl (C=O) groups excluding carboxylic acids is 2. The van der Waals surface area contributed by atoms with Crippen LogP contribution in [0.1, 0.15) is 16.7 Å². The third-order valence-corrected chi connectivity index (χ3v) is 6.24. The number of halogens is 4. The smallest absolute Gasteiger partial charge is 0.395 e. The molecule has 11 heteroatoms. The maximum Gasteiger partial charge on any atom is 0.416 e. The summed E-state index contributed by atoms with van der Waals surface area (Å²) in [6.45, 7) is -0.617. The van der Waals surface area contributed by atoms with Gasteiger partial charge in [0.05, 0.1) is 35.3 Å². The van der Waals surface area contributed by atoms with Gasteiger partial charge in [-0.1, -0.05) is 23.7 Å². The number of benzene rings is 2. The molecule has 1 aliphatic heterocycles. The number of hydrogen-bond donors (Lipinski definition) is 2. The molecule has 166 valence electrons. The number of carbonyl (C=O) groups is 2. The number of aliphatic hydroxyl groups excluding tert-OH is 1. The first kappa shape index (κ1) is 22.4. The average Bonchev–Trinajstić information content (AvgIpc) is 3.31. The van der Waals surface area contributed by atoms with Gasteiger partial charge >= 0.3 is 6.18 Å². The Hall–Kier alpha value is -2.82. The zero-order valence-electron chi connectivity index (χ0n) is 16.2. The van der Waals surface area contributed by atoms with Crippen molar-refractivity contribution in [2.24, 2.45) is 0 Å². The Labute approximate surface area is 189 Å². The molecule has 2 aromatic carbocycles. The molecule has 2 amide bonds. The first-order valence-corrected chi connectivity index (χ1v) is 10.6. The summed E-state index contributed by atoms with van der Waals surface area (Å²) in [5, 5.41) is 15.9. The lowest BCUT2D eigenvalue weighted by molar-refractivity contribution is -0.138. The standard InChI is InChI=1S/C21H15ClF3N3O3S/c22-14-3-1-12(16(9-14)21(23,24)25)8-15(11-2-4-17-13(7-11)10-26-27-17)18-19(30)28(5-6-29)20(31)32-18/h1-4,7,9-10,29H,5-6,8H2,(H,26,27)/b18-15-.